The maximum absolute atomic E-state index is 13.2. The highest BCUT2D eigenvalue weighted by atomic mass is 31.2. The second-order valence-corrected chi connectivity index (χ2v) is 35.6. The predicted octanol–water partition coefficient (Wildman–Crippen LogP) is 27.4. The monoisotopic (exact) mass is 1580 g/mol. The molecule has 0 amide bonds. The van der Waals surface area contributed by atoms with Gasteiger partial charge in [0, 0.05) is 25.7 Å². The molecule has 0 bridgehead atoms. The van der Waals surface area contributed by atoms with Crippen molar-refractivity contribution in [3.05, 3.63) is 0 Å². The number of aliphatic hydroxyl groups is 1. The van der Waals surface area contributed by atoms with Gasteiger partial charge in [0.05, 0.1) is 26.4 Å². The number of ether oxygens (including phenoxy) is 4. The molecule has 0 aliphatic rings. The molecule has 0 aromatic heterocycles. The van der Waals surface area contributed by atoms with E-state index in [1.807, 2.05) is 0 Å². The molecule has 0 saturated heterocycles. The number of rotatable bonds is 88. The van der Waals surface area contributed by atoms with Crippen molar-refractivity contribution in [3.63, 3.8) is 0 Å². The Morgan fingerprint density at radius 3 is 0.704 bits per heavy atom. The molecule has 0 rings (SSSR count). The average molecular weight is 1580 g/mol. The summed E-state index contributed by atoms with van der Waals surface area (Å²) in [7, 11) is -9.93. The van der Waals surface area contributed by atoms with Crippen LogP contribution in [0.2, 0.25) is 0 Å². The van der Waals surface area contributed by atoms with E-state index in [0.29, 0.717) is 25.7 Å². The molecule has 3 unspecified atom stereocenters. The highest BCUT2D eigenvalue weighted by molar-refractivity contribution is 7.47. The summed E-state index contributed by atoms with van der Waals surface area (Å²) in [6.07, 6.45) is 73.6. The fourth-order valence-electron chi connectivity index (χ4n) is 13.9. The maximum Gasteiger partial charge on any atom is 0.472 e. The molecule has 0 aromatic carbocycles. The minimum absolute atomic E-state index is 0.108. The van der Waals surface area contributed by atoms with Gasteiger partial charge in [0.15, 0.2) is 12.2 Å². The van der Waals surface area contributed by atoms with Crippen molar-refractivity contribution in [2.45, 2.75) is 496 Å². The second-order valence-electron chi connectivity index (χ2n) is 32.7. The van der Waals surface area contributed by atoms with Crippen LogP contribution < -0.4 is 0 Å². The SMILES string of the molecule is CCCCCCCCCCCCCCCCCCCCCCCCC(=O)O[C@H](COC(=O)CCCCCCCCCCCCCCCCCC(C)C)COP(=O)(O)OC[C@@H](O)COP(=O)(O)OC[C@@H](COC(=O)CCCCCCCCCCCC)OC(=O)CCCCCCCCCCCCCCCCC(C)CC. The number of carbonyl (C=O) groups excluding carboxylic acids is 4. The number of hydrogen-bond acceptors (Lipinski definition) is 15. The minimum atomic E-state index is -4.97. The van der Waals surface area contributed by atoms with Crippen LogP contribution >= 0.6 is 15.6 Å². The van der Waals surface area contributed by atoms with Crippen LogP contribution in [0.5, 0.6) is 0 Å². The van der Waals surface area contributed by atoms with Crippen LogP contribution in [0.25, 0.3) is 0 Å². The number of hydrogen-bond donors (Lipinski definition) is 3. The second kappa shape index (κ2) is 80.3. The summed E-state index contributed by atoms with van der Waals surface area (Å²) < 4.78 is 69.0. The third-order valence-corrected chi connectivity index (χ3v) is 23.2. The summed E-state index contributed by atoms with van der Waals surface area (Å²) in [6, 6.07) is 0. The zero-order valence-corrected chi connectivity index (χ0v) is 73.0. The molecule has 0 spiro atoms. The molecule has 3 N–H and O–H groups in total. The molecule has 0 fully saturated rings. The number of phosphoric acid groups is 2. The molecule has 642 valence electrons. The normalized spacial score (nSPS) is 14.0. The van der Waals surface area contributed by atoms with E-state index in [-0.39, 0.29) is 25.7 Å². The molecular formula is C89H174O17P2. The van der Waals surface area contributed by atoms with Crippen molar-refractivity contribution in [1.82, 2.24) is 0 Å². The molecule has 0 heterocycles. The van der Waals surface area contributed by atoms with E-state index in [1.54, 1.807) is 0 Å². The Bertz CT molecular complexity index is 2070. The zero-order valence-electron chi connectivity index (χ0n) is 71.2. The van der Waals surface area contributed by atoms with Gasteiger partial charge < -0.3 is 33.8 Å². The molecule has 0 saturated carbocycles. The van der Waals surface area contributed by atoms with E-state index in [0.717, 1.165) is 102 Å². The van der Waals surface area contributed by atoms with E-state index >= 15 is 0 Å². The maximum atomic E-state index is 13.2. The van der Waals surface area contributed by atoms with E-state index < -0.39 is 97.5 Å². The Hall–Kier alpha value is -1.94. The van der Waals surface area contributed by atoms with Gasteiger partial charge in [-0.2, -0.15) is 0 Å². The van der Waals surface area contributed by atoms with Gasteiger partial charge in [0.1, 0.15) is 19.3 Å². The van der Waals surface area contributed by atoms with Gasteiger partial charge in [0.2, 0.25) is 0 Å². The molecule has 19 heteroatoms. The Morgan fingerprint density at radius 2 is 0.472 bits per heavy atom. The van der Waals surface area contributed by atoms with Gasteiger partial charge >= 0.3 is 39.5 Å². The summed E-state index contributed by atoms with van der Waals surface area (Å²) in [5, 5.41) is 10.7. The fourth-order valence-corrected chi connectivity index (χ4v) is 15.5. The Labute approximate surface area is 664 Å². The van der Waals surface area contributed by atoms with Gasteiger partial charge in [-0.1, -0.05) is 427 Å². The standard InChI is InChI=1S/C89H174O17P2/c1-7-10-12-14-16-18-20-21-22-23-24-25-26-27-28-31-38-43-49-55-61-67-73-88(93)106-85(78-100-87(92)72-66-60-54-48-42-37-32-29-30-35-40-45-51-57-63-69-81(4)5)80-104-108(97,98)102-76-83(90)75-101-107(95,96)103-79-84(77-99-86(91)71-65-59-53-47-19-17-15-13-11-8-2)105-89(94)74-68-62-56-50-44-39-34-33-36-41-46-52-58-64-70-82(6)9-3/h81-85,90H,7-80H2,1-6H3,(H,95,96)(H,97,98)/t82?,83-,84+,85+/m0/s1. The van der Waals surface area contributed by atoms with Crippen LogP contribution in [0.1, 0.15) is 478 Å². The molecule has 108 heavy (non-hydrogen) atoms. The molecule has 0 aliphatic carbocycles. The fraction of sp³-hybridized carbons (Fsp3) is 0.955. The average Bonchev–Trinajstić information content (AvgIpc) is 0.899. The third-order valence-electron chi connectivity index (χ3n) is 21.3. The first-order valence-electron chi connectivity index (χ1n) is 46.0. The highest BCUT2D eigenvalue weighted by Gasteiger charge is 2.31. The number of unbranched alkanes of at least 4 members (excludes halogenated alkanes) is 57. The molecular weight excluding hydrogens is 1400 g/mol. The molecule has 0 radical (unpaired) electrons. The van der Waals surface area contributed by atoms with Crippen LogP contribution in [0.4, 0.5) is 0 Å². The van der Waals surface area contributed by atoms with E-state index in [9.17, 15) is 43.2 Å². The lowest BCUT2D eigenvalue weighted by Crippen LogP contribution is -2.30. The largest absolute Gasteiger partial charge is 0.472 e. The van der Waals surface area contributed by atoms with E-state index in [4.69, 9.17) is 37.0 Å². The van der Waals surface area contributed by atoms with Gasteiger partial charge in [0.25, 0.3) is 0 Å². The molecule has 0 aromatic rings. The lowest BCUT2D eigenvalue weighted by molar-refractivity contribution is -0.161. The smallest absolute Gasteiger partial charge is 0.462 e. The Balaban J connectivity index is 5.22. The van der Waals surface area contributed by atoms with Crippen molar-refractivity contribution in [3.8, 4) is 0 Å². The summed E-state index contributed by atoms with van der Waals surface area (Å²) in [6.45, 7) is 9.76. The van der Waals surface area contributed by atoms with Crippen LogP contribution in [-0.2, 0) is 65.4 Å². The first-order chi connectivity index (χ1) is 52.4. The van der Waals surface area contributed by atoms with Crippen molar-refractivity contribution < 1.29 is 80.2 Å². The summed E-state index contributed by atoms with van der Waals surface area (Å²) in [5.41, 5.74) is 0. The van der Waals surface area contributed by atoms with E-state index in [2.05, 4.69) is 41.5 Å². The van der Waals surface area contributed by atoms with Gasteiger partial charge in [-0.15, -0.1) is 0 Å². The van der Waals surface area contributed by atoms with Crippen molar-refractivity contribution >= 4 is 39.5 Å². The van der Waals surface area contributed by atoms with Crippen molar-refractivity contribution in [2.75, 3.05) is 39.6 Å². The number of aliphatic hydroxyl groups excluding tert-OH is 1. The number of carbonyl (C=O) groups is 4. The highest BCUT2D eigenvalue weighted by Crippen LogP contribution is 2.45. The minimum Gasteiger partial charge on any atom is -0.462 e. The Kier molecular flexibility index (Phi) is 78.8. The zero-order chi connectivity index (χ0) is 79.2. The van der Waals surface area contributed by atoms with Crippen LogP contribution in [0, 0.1) is 11.8 Å². The lowest BCUT2D eigenvalue weighted by atomic mass is 9.99. The van der Waals surface area contributed by atoms with Crippen molar-refractivity contribution in [2.24, 2.45) is 11.8 Å². The third kappa shape index (κ3) is 80.7. The van der Waals surface area contributed by atoms with Crippen LogP contribution in [-0.4, -0.2) is 96.7 Å². The summed E-state index contributed by atoms with van der Waals surface area (Å²) >= 11 is 0. The van der Waals surface area contributed by atoms with Crippen LogP contribution in [0.15, 0.2) is 0 Å². The van der Waals surface area contributed by atoms with E-state index in [1.165, 1.54) is 295 Å². The van der Waals surface area contributed by atoms with Gasteiger partial charge in [-0.05, 0) is 37.5 Å². The first kappa shape index (κ1) is 106. The Morgan fingerprint density at radius 1 is 0.269 bits per heavy atom. The molecule has 6 atom stereocenters. The summed E-state index contributed by atoms with van der Waals surface area (Å²) in [4.78, 5) is 73.3. The molecule has 0 aliphatic heterocycles. The van der Waals surface area contributed by atoms with Gasteiger partial charge in [-0.25, -0.2) is 9.13 Å². The topological polar surface area (TPSA) is 237 Å². The number of phosphoric ester groups is 2. The van der Waals surface area contributed by atoms with Crippen LogP contribution in [0.3, 0.4) is 0 Å². The molecule has 17 nitrogen and oxygen atoms in total. The lowest BCUT2D eigenvalue weighted by Gasteiger charge is -2.21. The predicted molar refractivity (Wildman–Crippen MR) is 446 cm³/mol. The quantitative estimate of drug-likeness (QED) is 0.0222. The van der Waals surface area contributed by atoms with Gasteiger partial charge in [-0.3, -0.25) is 37.3 Å². The van der Waals surface area contributed by atoms with Crippen molar-refractivity contribution in [1.29, 1.82) is 0 Å². The summed E-state index contributed by atoms with van der Waals surface area (Å²) in [5.74, 6) is -0.446. The number of esters is 4. The first-order valence-corrected chi connectivity index (χ1v) is 49.0.